The molecule has 1 saturated carbocycles. The van der Waals surface area contributed by atoms with Crippen molar-refractivity contribution in [2.75, 3.05) is 6.61 Å². The van der Waals surface area contributed by atoms with Gasteiger partial charge in [0.2, 0.25) is 5.91 Å². The lowest BCUT2D eigenvalue weighted by Gasteiger charge is -2.27. The first kappa shape index (κ1) is 18.2. The lowest BCUT2D eigenvalue weighted by molar-refractivity contribution is -0.141. The summed E-state index contributed by atoms with van der Waals surface area (Å²) in [5, 5.41) is 2.79. The van der Waals surface area contributed by atoms with Crippen molar-refractivity contribution in [1.82, 2.24) is 5.32 Å². The molecule has 2 aliphatic rings. The van der Waals surface area contributed by atoms with Gasteiger partial charge in [-0.25, -0.2) is 4.79 Å². The Kier molecular flexibility index (Phi) is 5.94. The van der Waals surface area contributed by atoms with Gasteiger partial charge in [0.1, 0.15) is 0 Å². The molecule has 1 atom stereocenters. The van der Waals surface area contributed by atoms with Gasteiger partial charge in [0.15, 0.2) is 0 Å². The minimum Gasteiger partial charge on any atom is -0.462 e. The molecular formula is C20H24BrNO3. The van der Waals surface area contributed by atoms with Crippen molar-refractivity contribution in [2.24, 2.45) is 5.92 Å². The molecule has 1 aliphatic carbocycles. The van der Waals surface area contributed by atoms with E-state index in [0.29, 0.717) is 23.8 Å². The van der Waals surface area contributed by atoms with Crippen LogP contribution in [0.2, 0.25) is 0 Å². The highest BCUT2D eigenvalue weighted by atomic mass is 79.9. The lowest BCUT2D eigenvalue weighted by Crippen LogP contribution is -2.34. The molecule has 1 amide bonds. The second-order valence-corrected chi connectivity index (χ2v) is 7.91. The Morgan fingerprint density at radius 2 is 1.88 bits per heavy atom. The molecule has 1 aliphatic heterocycles. The van der Waals surface area contributed by atoms with E-state index in [1.54, 1.807) is 6.92 Å². The molecule has 1 fully saturated rings. The minimum absolute atomic E-state index is 0.0609. The van der Waals surface area contributed by atoms with Crippen molar-refractivity contribution in [1.29, 1.82) is 0 Å². The largest absolute Gasteiger partial charge is 0.462 e. The highest BCUT2D eigenvalue weighted by Gasteiger charge is 2.33. The van der Waals surface area contributed by atoms with Crippen LogP contribution in [0, 0.1) is 5.92 Å². The summed E-state index contributed by atoms with van der Waals surface area (Å²) >= 11 is 3.42. The van der Waals surface area contributed by atoms with Gasteiger partial charge < -0.3 is 10.1 Å². The number of amides is 1. The van der Waals surface area contributed by atoms with Crippen LogP contribution in [0.1, 0.15) is 56.9 Å². The average molecular weight is 406 g/mol. The fourth-order valence-electron chi connectivity index (χ4n) is 3.78. The molecule has 1 N–H and O–H groups in total. The van der Waals surface area contributed by atoms with E-state index in [9.17, 15) is 9.59 Å². The third-order valence-corrected chi connectivity index (χ3v) is 5.66. The average Bonchev–Trinajstić information content (AvgIpc) is 2.60. The highest BCUT2D eigenvalue weighted by Crippen LogP contribution is 2.34. The Labute approximate surface area is 157 Å². The van der Waals surface area contributed by atoms with Crippen molar-refractivity contribution < 1.29 is 14.3 Å². The third-order valence-electron chi connectivity index (χ3n) is 5.14. The van der Waals surface area contributed by atoms with E-state index in [-0.39, 0.29) is 24.2 Å². The van der Waals surface area contributed by atoms with E-state index in [2.05, 4.69) is 21.2 Å². The van der Waals surface area contributed by atoms with Crippen LogP contribution in [-0.4, -0.2) is 18.5 Å². The zero-order valence-electron chi connectivity index (χ0n) is 14.5. The Bertz CT molecular complexity index is 675. The highest BCUT2D eigenvalue weighted by molar-refractivity contribution is 9.10. The molecule has 25 heavy (non-hydrogen) atoms. The Balaban J connectivity index is 1.76. The van der Waals surface area contributed by atoms with Gasteiger partial charge in [0.05, 0.1) is 12.2 Å². The fourth-order valence-corrected chi connectivity index (χ4v) is 4.04. The van der Waals surface area contributed by atoms with E-state index >= 15 is 0 Å². The number of halogens is 1. The number of hydrogen-bond acceptors (Lipinski definition) is 3. The molecule has 0 aromatic heterocycles. The number of hydrogen-bond donors (Lipinski definition) is 1. The standard InChI is InChI=1S/C20H24BrNO3/c1-13-19(20(24)25-12-14-5-3-2-4-6-14)17(11-18(23)22-13)15-7-9-16(21)10-8-15/h7-10,14,17H,2-6,11-12H2,1H3,(H,22,23)/t17-/m0/s1. The number of ether oxygens (including phenoxy) is 1. The zero-order chi connectivity index (χ0) is 17.8. The van der Waals surface area contributed by atoms with E-state index in [1.165, 1.54) is 19.3 Å². The van der Waals surface area contributed by atoms with Crippen molar-refractivity contribution in [3.63, 3.8) is 0 Å². The molecule has 0 saturated heterocycles. The van der Waals surface area contributed by atoms with Gasteiger partial charge in [-0.1, -0.05) is 47.3 Å². The molecule has 0 radical (unpaired) electrons. The second-order valence-electron chi connectivity index (χ2n) is 7.00. The van der Waals surface area contributed by atoms with E-state index < -0.39 is 0 Å². The van der Waals surface area contributed by atoms with Crippen LogP contribution in [0.4, 0.5) is 0 Å². The van der Waals surface area contributed by atoms with E-state index in [0.717, 1.165) is 22.9 Å². The van der Waals surface area contributed by atoms with Gasteiger partial charge in [-0.15, -0.1) is 0 Å². The van der Waals surface area contributed by atoms with Crippen LogP contribution in [0.5, 0.6) is 0 Å². The smallest absolute Gasteiger partial charge is 0.336 e. The maximum Gasteiger partial charge on any atom is 0.336 e. The molecule has 0 unspecified atom stereocenters. The van der Waals surface area contributed by atoms with Gasteiger partial charge in [-0.05, 0) is 43.4 Å². The molecule has 1 heterocycles. The summed E-state index contributed by atoms with van der Waals surface area (Å²) in [5.41, 5.74) is 2.15. The van der Waals surface area contributed by atoms with E-state index in [1.807, 2.05) is 24.3 Å². The van der Waals surface area contributed by atoms with Crippen LogP contribution in [0.25, 0.3) is 0 Å². The summed E-state index contributed by atoms with van der Waals surface area (Å²) in [6, 6.07) is 7.77. The number of nitrogens with one attached hydrogen (secondary N) is 1. The Morgan fingerprint density at radius 3 is 2.56 bits per heavy atom. The molecule has 0 bridgehead atoms. The second kappa shape index (κ2) is 8.17. The zero-order valence-corrected chi connectivity index (χ0v) is 16.1. The summed E-state index contributed by atoms with van der Waals surface area (Å²) in [6.07, 6.45) is 6.28. The first-order valence-corrected chi connectivity index (χ1v) is 9.77. The van der Waals surface area contributed by atoms with Crippen molar-refractivity contribution >= 4 is 27.8 Å². The minimum atomic E-state index is -0.295. The normalized spacial score (nSPS) is 21.8. The van der Waals surface area contributed by atoms with Crippen molar-refractivity contribution in [2.45, 2.75) is 51.4 Å². The summed E-state index contributed by atoms with van der Waals surface area (Å²) in [4.78, 5) is 24.8. The summed E-state index contributed by atoms with van der Waals surface area (Å²) < 4.78 is 6.62. The Hall–Kier alpha value is -1.62. The molecule has 0 spiro atoms. The van der Waals surface area contributed by atoms with Crippen molar-refractivity contribution in [3.05, 3.63) is 45.6 Å². The van der Waals surface area contributed by atoms with Crippen molar-refractivity contribution in [3.8, 4) is 0 Å². The van der Waals surface area contributed by atoms with Crippen LogP contribution >= 0.6 is 15.9 Å². The van der Waals surface area contributed by atoms with Crippen LogP contribution < -0.4 is 5.32 Å². The van der Waals surface area contributed by atoms with Gasteiger partial charge in [-0.2, -0.15) is 0 Å². The Morgan fingerprint density at radius 1 is 1.20 bits per heavy atom. The molecule has 3 rings (SSSR count). The predicted molar refractivity (Wildman–Crippen MR) is 99.9 cm³/mol. The van der Waals surface area contributed by atoms with Gasteiger partial charge in [0.25, 0.3) is 0 Å². The maximum atomic E-state index is 12.8. The third kappa shape index (κ3) is 4.51. The monoisotopic (exact) mass is 405 g/mol. The summed E-state index contributed by atoms with van der Waals surface area (Å²) in [5.74, 6) is -0.131. The topological polar surface area (TPSA) is 55.4 Å². The number of allylic oxidation sites excluding steroid dienone is 1. The fraction of sp³-hybridized carbons (Fsp3) is 0.500. The van der Waals surface area contributed by atoms with Crippen LogP contribution in [0.15, 0.2) is 40.0 Å². The quantitative estimate of drug-likeness (QED) is 0.752. The predicted octanol–water partition coefficient (Wildman–Crippen LogP) is 4.45. The van der Waals surface area contributed by atoms with Gasteiger partial charge in [0, 0.05) is 22.5 Å². The first-order valence-electron chi connectivity index (χ1n) is 8.98. The van der Waals surface area contributed by atoms with E-state index in [4.69, 9.17) is 4.74 Å². The van der Waals surface area contributed by atoms with Gasteiger partial charge in [-0.3, -0.25) is 4.79 Å². The molecule has 5 heteroatoms. The SMILES string of the molecule is CC1=C(C(=O)OCC2CCCCC2)[C@H](c2ccc(Br)cc2)CC(=O)N1. The molecular weight excluding hydrogens is 382 g/mol. The van der Waals surface area contributed by atoms with Crippen LogP contribution in [0.3, 0.4) is 0 Å². The molecule has 1 aromatic carbocycles. The molecule has 134 valence electrons. The number of carbonyl (C=O) groups excluding carboxylic acids is 2. The number of carbonyl (C=O) groups is 2. The summed E-state index contributed by atoms with van der Waals surface area (Å²) in [7, 11) is 0. The maximum absolute atomic E-state index is 12.8. The number of rotatable bonds is 4. The summed E-state index contributed by atoms with van der Waals surface area (Å²) in [6.45, 7) is 2.26. The first-order chi connectivity index (χ1) is 12.0. The molecule has 1 aromatic rings. The lowest BCUT2D eigenvalue weighted by atomic mass is 9.84. The number of benzene rings is 1. The van der Waals surface area contributed by atoms with Gasteiger partial charge >= 0.3 is 5.97 Å². The number of esters is 1. The van der Waals surface area contributed by atoms with Crippen LogP contribution in [-0.2, 0) is 14.3 Å². The molecule has 4 nitrogen and oxygen atoms in total.